The van der Waals surface area contributed by atoms with Gasteiger partial charge in [0.25, 0.3) is 5.91 Å². The van der Waals surface area contributed by atoms with Gasteiger partial charge in [-0.1, -0.05) is 12.8 Å². The number of carbonyl (C=O) groups excluding carboxylic acids is 2. The number of hydrogen-bond donors (Lipinski definition) is 3. The molecular formula is C18H23N3O4. The van der Waals surface area contributed by atoms with E-state index in [9.17, 15) is 14.7 Å². The van der Waals surface area contributed by atoms with Crippen LogP contribution in [0.1, 0.15) is 64.8 Å². The van der Waals surface area contributed by atoms with Crippen molar-refractivity contribution >= 4 is 11.8 Å². The summed E-state index contributed by atoms with van der Waals surface area (Å²) in [5.41, 5.74) is 5.87. The van der Waals surface area contributed by atoms with Crippen molar-refractivity contribution in [2.24, 2.45) is 5.73 Å². The molecule has 1 aliphatic rings. The molecule has 0 bridgehead atoms. The van der Waals surface area contributed by atoms with Gasteiger partial charge in [-0.25, -0.2) is 0 Å². The molecule has 1 fully saturated rings. The van der Waals surface area contributed by atoms with Crippen LogP contribution in [-0.4, -0.2) is 39.4 Å². The fourth-order valence-electron chi connectivity index (χ4n) is 3.36. The fraction of sp³-hybridized carbons (Fsp3) is 0.444. The Morgan fingerprint density at radius 2 is 2.24 bits per heavy atom. The summed E-state index contributed by atoms with van der Waals surface area (Å²) in [4.78, 5) is 28.8. The molecule has 2 unspecified atom stereocenters. The standard InChI is InChI=1S/C18H23N3O4/c19-17(23)12-9-14(20-11-12)18(24)21-7-3-1-2-5-13(21)10-15(22)16-6-4-8-25-16/h4,6,8-9,11,13,15,20,22H,1-3,5,7,10H2,(H2,19,23). The van der Waals surface area contributed by atoms with Gasteiger partial charge >= 0.3 is 0 Å². The van der Waals surface area contributed by atoms with Crippen LogP contribution in [0.25, 0.3) is 0 Å². The van der Waals surface area contributed by atoms with Crippen LogP contribution >= 0.6 is 0 Å². The van der Waals surface area contributed by atoms with E-state index in [1.807, 2.05) is 0 Å². The molecule has 0 radical (unpaired) electrons. The van der Waals surface area contributed by atoms with E-state index in [0.717, 1.165) is 25.7 Å². The number of hydrogen-bond acceptors (Lipinski definition) is 4. The van der Waals surface area contributed by atoms with E-state index in [-0.39, 0.29) is 17.5 Å². The molecule has 1 saturated heterocycles. The minimum absolute atomic E-state index is 0.0876. The number of aliphatic hydroxyl groups is 1. The molecule has 7 heteroatoms. The summed E-state index contributed by atoms with van der Waals surface area (Å²) in [5.74, 6) is -0.241. The highest BCUT2D eigenvalue weighted by molar-refractivity contribution is 5.98. The average molecular weight is 345 g/mol. The Labute approximate surface area is 145 Å². The average Bonchev–Trinajstić information content (AvgIpc) is 3.24. The molecule has 7 nitrogen and oxygen atoms in total. The van der Waals surface area contributed by atoms with Crippen LogP contribution in [0.2, 0.25) is 0 Å². The summed E-state index contributed by atoms with van der Waals surface area (Å²) in [5, 5.41) is 10.4. The van der Waals surface area contributed by atoms with E-state index in [2.05, 4.69) is 4.98 Å². The number of nitrogens with one attached hydrogen (secondary N) is 1. The second-order valence-corrected chi connectivity index (χ2v) is 6.43. The quantitative estimate of drug-likeness (QED) is 0.771. The van der Waals surface area contributed by atoms with Crippen LogP contribution in [0, 0.1) is 0 Å². The molecule has 3 rings (SSSR count). The van der Waals surface area contributed by atoms with Gasteiger partial charge in [0.2, 0.25) is 5.91 Å². The van der Waals surface area contributed by atoms with Gasteiger partial charge in [-0.15, -0.1) is 0 Å². The third-order valence-corrected chi connectivity index (χ3v) is 4.70. The first kappa shape index (κ1) is 17.3. The van der Waals surface area contributed by atoms with Crippen molar-refractivity contribution in [2.75, 3.05) is 6.54 Å². The topological polar surface area (TPSA) is 113 Å². The van der Waals surface area contributed by atoms with Crippen molar-refractivity contribution < 1.29 is 19.1 Å². The lowest BCUT2D eigenvalue weighted by atomic mass is 10.0. The van der Waals surface area contributed by atoms with Crippen LogP contribution in [0.4, 0.5) is 0 Å². The molecule has 0 aromatic carbocycles. The number of aromatic nitrogens is 1. The highest BCUT2D eigenvalue weighted by Gasteiger charge is 2.30. The number of rotatable bonds is 5. The van der Waals surface area contributed by atoms with Crippen molar-refractivity contribution in [3.05, 3.63) is 47.7 Å². The third kappa shape index (κ3) is 3.93. The number of aromatic amines is 1. The molecule has 0 saturated carbocycles. The van der Waals surface area contributed by atoms with E-state index < -0.39 is 12.0 Å². The number of likely N-dealkylation sites (tertiary alicyclic amines) is 1. The largest absolute Gasteiger partial charge is 0.467 e. The van der Waals surface area contributed by atoms with Crippen molar-refractivity contribution in [1.29, 1.82) is 0 Å². The second-order valence-electron chi connectivity index (χ2n) is 6.43. The molecule has 2 aromatic heterocycles. The Kier molecular flexibility index (Phi) is 5.23. The molecular weight excluding hydrogens is 322 g/mol. The lowest BCUT2D eigenvalue weighted by Gasteiger charge is -2.31. The van der Waals surface area contributed by atoms with E-state index in [0.29, 0.717) is 24.4 Å². The van der Waals surface area contributed by atoms with Gasteiger partial charge < -0.3 is 25.1 Å². The monoisotopic (exact) mass is 345 g/mol. The van der Waals surface area contributed by atoms with Crippen LogP contribution in [0.5, 0.6) is 0 Å². The van der Waals surface area contributed by atoms with Crippen molar-refractivity contribution in [3.63, 3.8) is 0 Å². The Hall–Kier alpha value is -2.54. The normalized spacial score (nSPS) is 19.4. The summed E-state index contributed by atoms with van der Waals surface area (Å²) in [6.45, 7) is 0.624. The highest BCUT2D eigenvalue weighted by Crippen LogP contribution is 2.27. The zero-order chi connectivity index (χ0) is 17.8. The Balaban J connectivity index is 1.77. The predicted molar refractivity (Wildman–Crippen MR) is 90.9 cm³/mol. The van der Waals surface area contributed by atoms with Gasteiger partial charge in [-0.2, -0.15) is 0 Å². The second kappa shape index (κ2) is 7.57. The maximum absolute atomic E-state index is 12.9. The Morgan fingerprint density at radius 3 is 2.92 bits per heavy atom. The van der Waals surface area contributed by atoms with Crippen LogP contribution in [-0.2, 0) is 0 Å². The summed E-state index contributed by atoms with van der Waals surface area (Å²) < 4.78 is 5.27. The number of carbonyl (C=O) groups is 2. The minimum atomic E-state index is -0.752. The molecule has 2 amide bonds. The number of furan rings is 1. The first-order valence-electron chi connectivity index (χ1n) is 8.57. The maximum Gasteiger partial charge on any atom is 0.270 e. The minimum Gasteiger partial charge on any atom is -0.467 e. The first-order chi connectivity index (χ1) is 12.1. The molecule has 0 aliphatic carbocycles. The van der Waals surface area contributed by atoms with E-state index in [1.165, 1.54) is 18.5 Å². The number of aliphatic hydroxyl groups excluding tert-OH is 1. The van der Waals surface area contributed by atoms with Gasteiger partial charge in [-0.3, -0.25) is 9.59 Å². The summed E-state index contributed by atoms with van der Waals surface area (Å²) in [6, 6.07) is 4.86. The fourth-order valence-corrected chi connectivity index (χ4v) is 3.36. The lowest BCUT2D eigenvalue weighted by molar-refractivity contribution is 0.0552. The molecule has 1 aliphatic heterocycles. The predicted octanol–water partition coefficient (Wildman–Crippen LogP) is 2.22. The number of amides is 2. The molecule has 4 N–H and O–H groups in total. The van der Waals surface area contributed by atoms with Gasteiger partial charge in [0.05, 0.1) is 11.8 Å². The van der Waals surface area contributed by atoms with E-state index in [1.54, 1.807) is 17.0 Å². The van der Waals surface area contributed by atoms with E-state index in [4.69, 9.17) is 10.2 Å². The van der Waals surface area contributed by atoms with Gasteiger partial charge in [0.15, 0.2) is 0 Å². The van der Waals surface area contributed by atoms with Gasteiger partial charge in [-0.05, 0) is 31.0 Å². The van der Waals surface area contributed by atoms with Crippen LogP contribution < -0.4 is 5.73 Å². The number of H-pyrrole nitrogens is 1. The Bertz CT molecular complexity index is 723. The molecule has 0 spiro atoms. The van der Waals surface area contributed by atoms with Gasteiger partial charge in [0, 0.05) is 25.2 Å². The summed E-state index contributed by atoms with van der Waals surface area (Å²) >= 11 is 0. The zero-order valence-electron chi connectivity index (χ0n) is 14.0. The van der Waals surface area contributed by atoms with Crippen molar-refractivity contribution in [1.82, 2.24) is 9.88 Å². The zero-order valence-corrected chi connectivity index (χ0v) is 14.0. The van der Waals surface area contributed by atoms with Gasteiger partial charge in [0.1, 0.15) is 17.6 Å². The van der Waals surface area contributed by atoms with E-state index >= 15 is 0 Å². The molecule has 134 valence electrons. The lowest BCUT2D eigenvalue weighted by Crippen LogP contribution is -2.41. The molecule has 3 heterocycles. The smallest absolute Gasteiger partial charge is 0.270 e. The summed E-state index contributed by atoms with van der Waals surface area (Å²) in [7, 11) is 0. The molecule has 25 heavy (non-hydrogen) atoms. The van der Waals surface area contributed by atoms with Crippen molar-refractivity contribution in [3.8, 4) is 0 Å². The first-order valence-corrected chi connectivity index (χ1v) is 8.57. The maximum atomic E-state index is 12.9. The SMILES string of the molecule is NC(=O)c1c[nH]c(C(=O)N2CCCCCC2CC(O)c2ccco2)c1. The Morgan fingerprint density at radius 1 is 1.40 bits per heavy atom. The number of nitrogens with zero attached hydrogens (tertiary/aromatic N) is 1. The molecule has 2 atom stereocenters. The summed E-state index contributed by atoms with van der Waals surface area (Å²) in [6.07, 6.45) is 6.44. The van der Waals surface area contributed by atoms with Crippen LogP contribution in [0.3, 0.4) is 0 Å². The number of primary amides is 1. The highest BCUT2D eigenvalue weighted by atomic mass is 16.4. The number of nitrogens with two attached hydrogens (primary N) is 1. The van der Waals surface area contributed by atoms with Crippen LogP contribution in [0.15, 0.2) is 35.1 Å². The molecule has 2 aromatic rings. The van der Waals surface area contributed by atoms with Crippen molar-refractivity contribution in [2.45, 2.75) is 44.2 Å². The third-order valence-electron chi connectivity index (χ3n) is 4.70.